The summed E-state index contributed by atoms with van der Waals surface area (Å²) in [6.07, 6.45) is 9.32. The molecule has 1 aromatic rings. The number of hydrogen-bond acceptors (Lipinski definition) is 5. The van der Waals surface area contributed by atoms with E-state index in [0.717, 1.165) is 51.0 Å². The molecule has 0 saturated carbocycles. The first kappa shape index (κ1) is 17.8. The van der Waals surface area contributed by atoms with Gasteiger partial charge in [0.05, 0.1) is 10.5 Å². The van der Waals surface area contributed by atoms with E-state index in [1.807, 2.05) is 12.1 Å². The zero-order valence-electron chi connectivity index (χ0n) is 14.5. The largest absolute Gasteiger partial charge is 0.330 e. The molecular weight excluding hydrogens is 316 g/mol. The Balaban J connectivity index is 1.86. The monoisotopic (exact) mass is 342 g/mol. The molecule has 3 N–H and O–H groups in total. The molecular formula is C19H26N4O2. The van der Waals surface area contributed by atoms with E-state index in [1.54, 1.807) is 12.1 Å². The van der Waals surface area contributed by atoms with Gasteiger partial charge < -0.3 is 11.1 Å². The van der Waals surface area contributed by atoms with Gasteiger partial charge in [-0.1, -0.05) is 30.4 Å². The van der Waals surface area contributed by atoms with E-state index >= 15 is 0 Å². The molecule has 3 rings (SSSR count). The maximum atomic E-state index is 11.3. The Labute approximate surface area is 148 Å². The lowest BCUT2D eigenvalue weighted by molar-refractivity contribution is -0.385. The van der Waals surface area contributed by atoms with Crippen molar-refractivity contribution in [3.8, 4) is 0 Å². The number of allylic oxidation sites excluding steroid dienone is 2. The van der Waals surface area contributed by atoms with Crippen LogP contribution in [0.5, 0.6) is 0 Å². The van der Waals surface area contributed by atoms with E-state index in [1.165, 1.54) is 0 Å². The van der Waals surface area contributed by atoms with Crippen LogP contribution >= 0.6 is 0 Å². The standard InChI is InChI=1S/C19H26N4O2/c20-11-3-8-19(22-14-12-21-13-15-22)9-6-16(7-10-19)17-4-1-2-5-18(17)23(24)25/h1-2,4-7,9,21H,3,8,10-15,20H2. The van der Waals surface area contributed by atoms with Crippen LogP contribution in [0, 0.1) is 10.1 Å². The third kappa shape index (κ3) is 3.81. The fourth-order valence-electron chi connectivity index (χ4n) is 3.84. The van der Waals surface area contributed by atoms with E-state index in [2.05, 4.69) is 28.4 Å². The SMILES string of the molecule is NCCCC1(N2CCNCC2)C=CC(c2ccccc2[N+](=O)[O-])=CC1. The van der Waals surface area contributed by atoms with Crippen molar-refractivity contribution in [2.75, 3.05) is 32.7 Å². The fourth-order valence-corrected chi connectivity index (χ4v) is 3.84. The molecule has 1 heterocycles. The molecule has 0 aromatic heterocycles. The summed E-state index contributed by atoms with van der Waals surface area (Å²) in [7, 11) is 0. The first-order chi connectivity index (χ1) is 12.2. The number of nitro benzene ring substituents is 1. The summed E-state index contributed by atoms with van der Waals surface area (Å²) in [6.45, 7) is 4.72. The second-order valence-corrected chi connectivity index (χ2v) is 6.70. The Hall–Kier alpha value is -2.02. The van der Waals surface area contributed by atoms with Crippen molar-refractivity contribution in [2.45, 2.75) is 24.8 Å². The van der Waals surface area contributed by atoms with Gasteiger partial charge in [0.2, 0.25) is 0 Å². The number of nitrogens with one attached hydrogen (secondary N) is 1. The Morgan fingerprint density at radius 2 is 2.04 bits per heavy atom. The lowest BCUT2D eigenvalue weighted by Crippen LogP contribution is -2.55. The molecule has 0 bridgehead atoms. The van der Waals surface area contributed by atoms with Crippen LogP contribution < -0.4 is 11.1 Å². The summed E-state index contributed by atoms with van der Waals surface area (Å²) >= 11 is 0. The second-order valence-electron chi connectivity index (χ2n) is 6.70. The molecule has 1 fully saturated rings. The van der Waals surface area contributed by atoms with E-state index in [-0.39, 0.29) is 16.1 Å². The van der Waals surface area contributed by atoms with Crippen LogP contribution in [0.1, 0.15) is 24.8 Å². The van der Waals surface area contributed by atoms with Crippen LogP contribution in [0.3, 0.4) is 0 Å². The van der Waals surface area contributed by atoms with E-state index in [9.17, 15) is 10.1 Å². The van der Waals surface area contributed by atoms with Crippen molar-refractivity contribution in [3.63, 3.8) is 0 Å². The van der Waals surface area contributed by atoms with Gasteiger partial charge in [-0.3, -0.25) is 15.0 Å². The van der Waals surface area contributed by atoms with Crippen molar-refractivity contribution in [1.82, 2.24) is 10.2 Å². The first-order valence-corrected chi connectivity index (χ1v) is 8.95. The molecule has 6 nitrogen and oxygen atoms in total. The number of rotatable bonds is 6. The van der Waals surface area contributed by atoms with Gasteiger partial charge in [0, 0.05) is 37.8 Å². The van der Waals surface area contributed by atoms with Crippen molar-refractivity contribution in [2.24, 2.45) is 5.73 Å². The first-order valence-electron chi connectivity index (χ1n) is 8.95. The predicted octanol–water partition coefficient (Wildman–Crippen LogP) is 2.32. The maximum Gasteiger partial charge on any atom is 0.277 e. The molecule has 1 aromatic carbocycles. The molecule has 1 atom stereocenters. The highest BCUT2D eigenvalue weighted by Gasteiger charge is 2.35. The van der Waals surface area contributed by atoms with Crippen LogP contribution in [0.4, 0.5) is 5.69 Å². The van der Waals surface area contributed by atoms with Gasteiger partial charge >= 0.3 is 0 Å². The Kier molecular flexibility index (Phi) is 5.63. The molecule has 0 radical (unpaired) electrons. The number of nitrogens with zero attached hydrogens (tertiary/aromatic N) is 2. The number of nitrogens with two attached hydrogens (primary N) is 1. The van der Waals surface area contributed by atoms with E-state index in [4.69, 9.17) is 5.73 Å². The quantitative estimate of drug-likeness (QED) is 0.612. The van der Waals surface area contributed by atoms with Gasteiger partial charge in [-0.05, 0) is 37.4 Å². The molecule has 1 aliphatic heterocycles. The second kappa shape index (κ2) is 7.91. The molecule has 134 valence electrons. The molecule has 25 heavy (non-hydrogen) atoms. The summed E-state index contributed by atoms with van der Waals surface area (Å²) in [5.41, 5.74) is 7.53. The van der Waals surface area contributed by atoms with Gasteiger partial charge in [-0.25, -0.2) is 0 Å². The van der Waals surface area contributed by atoms with Gasteiger partial charge in [0.15, 0.2) is 0 Å². The highest BCUT2D eigenvalue weighted by molar-refractivity contribution is 5.80. The molecule has 1 aliphatic carbocycles. The minimum Gasteiger partial charge on any atom is -0.330 e. The average Bonchev–Trinajstić information content (AvgIpc) is 2.67. The third-order valence-corrected chi connectivity index (χ3v) is 5.22. The summed E-state index contributed by atoms with van der Waals surface area (Å²) in [6, 6.07) is 6.95. The summed E-state index contributed by atoms with van der Waals surface area (Å²) in [4.78, 5) is 13.5. The van der Waals surface area contributed by atoms with Gasteiger partial charge in [-0.2, -0.15) is 0 Å². The minimum atomic E-state index is -0.309. The number of hydrogen-bond donors (Lipinski definition) is 2. The lowest BCUT2D eigenvalue weighted by Gasteiger charge is -2.45. The van der Waals surface area contributed by atoms with Crippen LogP contribution in [-0.4, -0.2) is 48.1 Å². The minimum absolute atomic E-state index is 0.0193. The molecule has 0 amide bonds. The van der Waals surface area contributed by atoms with Gasteiger partial charge in [0.25, 0.3) is 5.69 Å². The highest BCUT2D eigenvalue weighted by Crippen LogP contribution is 2.37. The number of benzene rings is 1. The van der Waals surface area contributed by atoms with Crippen molar-refractivity contribution in [3.05, 3.63) is 58.2 Å². The molecule has 6 heteroatoms. The zero-order valence-corrected chi connectivity index (χ0v) is 14.5. The number of nitro groups is 1. The molecule has 1 saturated heterocycles. The molecule has 0 spiro atoms. The van der Waals surface area contributed by atoms with Gasteiger partial charge in [-0.15, -0.1) is 0 Å². The normalized spacial score (nSPS) is 24.1. The Bertz CT molecular complexity index is 680. The van der Waals surface area contributed by atoms with Crippen molar-refractivity contribution < 1.29 is 4.92 Å². The topological polar surface area (TPSA) is 84.4 Å². The molecule has 1 unspecified atom stereocenters. The molecule has 2 aliphatic rings. The average molecular weight is 342 g/mol. The highest BCUT2D eigenvalue weighted by atomic mass is 16.6. The Morgan fingerprint density at radius 3 is 2.68 bits per heavy atom. The van der Waals surface area contributed by atoms with Crippen LogP contribution in [0.15, 0.2) is 42.5 Å². The van der Waals surface area contributed by atoms with Crippen molar-refractivity contribution in [1.29, 1.82) is 0 Å². The summed E-state index contributed by atoms with van der Waals surface area (Å²) < 4.78 is 0. The predicted molar refractivity (Wildman–Crippen MR) is 100 cm³/mol. The van der Waals surface area contributed by atoms with E-state index in [0.29, 0.717) is 12.1 Å². The third-order valence-electron chi connectivity index (χ3n) is 5.22. The van der Waals surface area contributed by atoms with E-state index < -0.39 is 0 Å². The van der Waals surface area contributed by atoms with Gasteiger partial charge in [0.1, 0.15) is 0 Å². The van der Waals surface area contributed by atoms with Crippen molar-refractivity contribution >= 4 is 11.3 Å². The number of para-hydroxylation sites is 1. The lowest BCUT2D eigenvalue weighted by atomic mass is 9.81. The van der Waals surface area contributed by atoms with Crippen LogP contribution in [0.25, 0.3) is 5.57 Å². The summed E-state index contributed by atoms with van der Waals surface area (Å²) in [5.74, 6) is 0. The maximum absolute atomic E-state index is 11.3. The van der Waals surface area contributed by atoms with Crippen LogP contribution in [0.2, 0.25) is 0 Å². The Morgan fingerprint density at radius 1 is 1.28 bits per heavy atom. The smallest absolute Gasteiger partial charge is 0.277 e. The fraction of sp³-hybridized carbons (Fsp3) is 0.474. The van der Waals surface area contributed by atoms with Crippen LogP contribution in [-0.2, 0) is 0 Å². The zero-order chi connectivity index (χ0) is 17.7. The summed E-state index contributed by atoms with van der Waals surface area (Å²) in [5, 5.41) is 14.7. The number of piperazine rings is 1.